The fraction of sp³-hybridized carbons (Fsp3) is 0.917. The van der Waals surface area contributed by atoms with Gasteiger partial charge in [0.25, 0.3) is 0 Å². The average molecular weight is 556 g/mol. The zero-order chi connectivity index (χ0) is 23.3. The Balaban J connectivity index is 4.33. The lowest BCUT2D eigenvalue weighted by Gasteiger charge is -2.38. The van der Waals surface area contributed by atoms with Crippen molar-refractivity contribution in [1.29, 1.82) is 0 Å². The summed E-state index contributed by atoms with van der Waals surface area (Å²) in [6.07, 6.45) is 11.8. The maximum absolute atomic E-state index is 12.6. The average Bonchev–Trinajstić information content (AvgIpc) is 2.68. The number of alkyl halides is 2. The maximum atomic E-state index is 12.6. The summed E-state index contributed by atoms with van der Waals surface area (Å²) >= 11 is 7.02. The van der Waals surface area contributed by atoms with E-state index in [0.717, 1.165) is 24.6 Å². The van der Waals surface area contributed by atoms with Crippen LogP contribution in [0.1, 0.15) is 106 Å². The van der Waals surface area contributed by atoms with Crippen LogP contribution < -0.4 is 0 Å². The van der Waals surface area contributed by atoms with Gasteiger partial charge in [-0.3, -0.25) is 0 Å². The third kappa shape index (κ3) is 10.0. The monoisotopic (exact) mass is 554 g/mol. The molecular formula is C24H44Br2O4. The zero-order valence-corrected chi connectivity index (χ0v) is 23.3. The zero-order valence-electron chi connectivity index (χ0n) is 20.1. The van der Waals surface area contributed by atoms with E-state index in [1.165, 1.54) is 44.9 Å². The number of unbranched alkanes of at least 4 members (excludes halogenated alkanes) is 7. The van der Waals surface area contributed by atoms with Crippen molar-refractivity contribution in [2.24, 2.45) is 10.8 Å². The van der Waals surface area contributed by atoms with Crippen LogP contribution in [0.2, 0.25) is 0 Å². The number of carbonyl (C=O) groups is 2. The highest BCUT2D eigenvalue weighted by Gasteiger charge is 2.57. The number of halogens is 2. The van der Waals surface area contributed by atoms with Crippen LogP contribution >= 0.6 is 31.9 Å². The van der Waals surface area contributed by atoms with Crippen molar-refractivity contribution < 1.29 is 19.1 Å². The third-order valence-corrected chi connectivity index (χ3v) is 9.05. The van der Waals surface area contributed by atoms with Crippen LogP contribution in [0, 0.1) is 10.8 Å². The molecule has 0 atom stereocenters. The highest BCUT2D eigenvalue weighted by Crippen LogP contribution is 2.44. The van der Waals surface area contributed by atoms with Crippen LogP contribution in [0.15, 0.2) is 0 Å². The molecule has 0 bridgehead atoms. The van der Waals surface area contributed by atoms with E-state index >= 15 is 0 Å². The lowest BCUT2D eigenvalue weighted by atomic mass is 9.74. The fourth-order valence-electron chi connectivity index (χ4n) is 3.57. The van der Waals surface area contributed by atoms with Gasteiger partial charge in [-0.05, 0) is 32.1 Å². The summed E-state index contributed by atoms with van der Waals surface area (Å²) < 4.78 is 8.92. The number of hydrogen-bond acceptors (Lipinski definition) is 4. The maximum Gasteiger partial charge on any atom is 0.335 e. The summed E-state index contributed by atoms with van der Waals surface area (Å²) in [5.74, 6) is -1.12. The largest absolute Gasteiger partial charge is 0.464 e. The van der Waals surface area contributed by atoms with Crippen molar-refractivity contribution in [2.75, 3.05) is 18.5 Å². The summed E-state index contributed by atoms with van der Waals surface area (Å²) in [6.45, 7) is 12.4. The Morgan fingerprint density at radius 3 is 1.43 bits per heavy atom. The first-order chi connectivity index (χ1) is 14.0. The van der Waals surface area contributed by atoms with Crippen LogP contribution in [0.25, 0.3) is 0 Å². The van der Waals surface area contributed by atoms with Gasteiger partial charge in [0, 0.05) is 10.7 Å². The molecule has 0 aliphatic heterocycles. The second-order valence-corrected chi connectivity index (χ2v) is 11.4. The minimum absolute atomic E-state index is 0.231. The van der Waals surface area contributed by atoms with E-state index in [2.05, 4.69) is 45.7 Å². The summed E-state index contributed by atoms with van der Waals surface area (Å²) in [6, 6.07) is 0. The first-order valence-electron chi connectivity index (χ1n) is 11.6. The second kappa shape index (κ2) is 14.9. The van der Waals surface area contributed by atoms with E-state index in [0.29, 0.717) is 5.41 Å². The molecule has 0 aromatic carbocycles. The number of rotatable bonds is 17. The molecule has 0 radical (unpaired) electrons. The fourth-order valence-corrected chi connectivity index (χ4v) is 4.27. The lowest BCUT2D eigenvalue weighted by Crippen LogP contribution is -2.54. The molecule has 30 heavy (non-hydrogen) atoms. The van der Waals surface area contributed by atoms with E-state index < -0.39 is 21.7 Å². The second-order valence-electron chi connectivity index (χ2n) is 9.61. The number of carbonyl (C=O) groups excluding carboxylic acids is 2. The Hall–Kier alpha value is -0.100. The SMILES string of the molecule is CCOC(=O)C(Br)(C(=O)OCC)C(C)(C)CCCCCCCCCCC(C)(C)CBr. The third-order valence-electron chi connectivity index (χ3n) is 5.81. The van der Waals surface area contributed by atoms with Gasteiger partial charge in [0.15, 0.2) is 0 Å². The van der Waals surface area contributed by atoms with E-state index in [4.69, 9.17) is 9.47 Å². The minimum Gasteiger partial charge on any atom is -0.464 e. The van der Waals surface area contributed by atoms with Gasteiger partial charge < -0.3 is 9.47 Å². The van der Waals surface area contributed by atoms with Crippen LogP contribution in [-0.4, -0.2) is 34.8 Å². The molecule has 0 saturated carbocycles. The number of ether oxygens (including phenoxy) is 2. The van der Waals surface area contributed by atoms with Gasteiger partial charge in [-0.25, -0.2) is 9.59 Å². The molecule has 0 aliphatic rings. The molecule has 0 aromatic heterocycles. The van der Waals surface area contributed by atoms with Crippen molar-refractivity contribution in [3.63, 3.8) is 0 Å². The minimum atomic E-state index is -1.46. The predicted molar refractivity (Wildman–Crippen MR) is 132 cm³/mol. The van der Waals surface area contributed by atoms with Gasteiger partial charge in [-0.1, -0.05) is 111 Å². The summed E-state index contributed by atoms with van der Waals surface area (Å²) in [7, 11) is 0. The first kappa shape index (κ1) is 29.9. The van der Waals surface area contributed by atoms with Gasteiger partial charge in [-0.2, -0.15) is 0 Å². The highest BCUT2D eigenvalue weighted by molar-refractivity contribution is 9.10. The molecule has 0 aromatic rings. The van der Waals surface area contributed by atoms with E-state index in [1.54, 1.807) is 13.8 Å². The summed E-state index contributed by atoms with van der Waals surface area (Å²) in [5.41, 5.74) is -0.196. The van der Waals surface area contributed by atoms with E-state index in [1.807, 2.05) is 13.8 Å². The van der Waals surface area contributed by atoms with Crippen LogP contribution in [-0.2, 0) is 19.1 Å². The van der Waals surface area contributed by atoms with Crippen molar-refractivity contribution in [1.82, 2.24) is 0 Å². The Morgan fingerprint density at radius 2 is 1.07 bits per heavy atom. The highest BCUT2D eigenvalue weighted by atomic mass is 79.9. The van der Waals surface area contributed by atoms with Gasteiger partial charge in [-0.15, -0.1) is 0 Å². The van der Waals surface area contributed by atoms with Crippen molar-refractivity contribution in [3.05, 3.63) is 0 Å². The Kier molecular flexibility index (Phi) is 14.8. The lowest BCUT2D eigenvalue weighted by molar-refractivity contribution is -0.163. The molecule has 0 amide bonds. The first-order valence-corrected chi connectivity index (χ1v) is 13.5. The molecule has 178 valence electrons. The number of esters is 2. The van der Waals surface area contributed by atoms with Gasteiger partial charge in [0.2, 0.25) is 4.32 Å². The van der Waals surface area contributed by atoms with Crippen molar-refractivity contribution >= 4 is 43.8 Å². The molecular weight excluding hydrogens is 512 g/mol. The molecule has 6 heteroatoms. The Labute approximate surface area is 201 Å². The summed E-state index contributed by atoms with van der Waals surface area (Å²) in [4.78, 5) is 25.2. The van der Waals surface area contributed by atoms with Crippen molar-refractivity contribution in [3.8, 4) is 0 Å². The molecule has 0 unspecified atom stereocenters. The van der Waals surface area contributed by atoms with Crippen molar-refractivity contribution in [2.45, 2.75) is 110 Å². The predicted octanol–water partition coefficient (Wildman–Crippen LogP) is 7.59. The van der Waals surface area contributed by atoms with Gasteiger partial charge in [0.1, 0.15) is 0 Å². The molecule has 4 nitrogen and oxygen atoms in total. The molecule has 0 heterocycles. The van der Waals surface area contributed by atoms with E-state index in [9.17, 15) is 9.59 Å². The topological polar surface area (TPSA) is 52.6 Å². The van der Waals surface area contributed by atoms with Crippen LogP contribution in [0.4, 0.5) is 0 Å². The summed E-state index contributed by atoms with van der Waals surface area (Å²) in [5, 5.41) is 1.07. The standard InChI is InChI=1S/C24H44Br2O4/c1-7-29-20(27)24(26,21(28)30-8-2)23(5,6)18-16-14-12-10-9-11-13-15-17-22(3,4)19-25/h7-19H2,1-6H3. The molecule has 0 saturated heterocycles. The molecule has 0 N–H and O–H groups in total. The Bertz CT molecular complexity index is 485. The molecule has 0 rings (SSSR count). The number of hydrogen-bond donors (Lipinski definition) is 0. The smallest absolute Gasteiger partial charge is 0.335 e. The molecule has 0 spiro atoms. The normalized spacial score (nSPS) is 12.7. The van der Waals surface area contributed by atoms with E-state index in [-0.39, 0.29) is 13.2 Å². The van der Waals surface area contributed by atoms with Gasteiger partial charge in [0.05, 0.1) is 13.2 Å². The molecule has 0 aliphatic carbocycles. The van der Waals surface area contributed by atoms with Crippen LogP contribution in [0.3, 0.4) is 0 Å². The Morgan fingerprint density at radius 1 is 0.700 bits per heavy atom. The van der Waals surface area contributed by atoms with Gasteiger partial charge >= 0.3 is 11.9 Å². The van der Waals surface area contributed by atoms with Crippen LogP contribution in [0.5, 0.6) is 0 Å². The quantitative estimate of drug-likeness (QED) is 0.0802. The molecule has 0 fully saturated rings.